The lowest BCUT2D eigenvalue weighted by Gasteiger charge is -2.34. The highest BCUT2D eigenvalue weighted by Gasteiger charge is 2.51. The smallest absolute Gasteiger partial charge is 0.239 e. The Bertz CT molecular complexity index is 779. The molecule has 1 unspecified atom stereocenters. The molecule has 0 saturated carbocycles. The maximum atomic E-state index is 12.9. The number of nitrogens with one attached hydrogen (secondary N) is 1. The first-order chi connectivity index (χ1) is 10.7. The molecule has 23 heavy (non-hydrogen) atoms. The quantitative estimate of drug-likeness (QED) is 0.701. The van der Waals surface area contributed by atoms with Crippen molar-refractivity contribution in [3.8, 4) is 11.5 Å². The number of anilines is 1. The third-order valence-electron chi connectivity index (χ3n) is 4.16. The van der Waals surface area contributed by atoms with Crippen molar-refractivity contribution >= 4 is 11.6 Å². The molecule has 2 aromatic rings. The van der Waals surface area contributed by atoms with Gasteiger partial charge in [-0.05, 0) is 38.0 Å². The fraction of sp³-hybridized carbons (Fsp3) is 0.278. The Kier molecular flexibility index (Phi) is 3.34. The topological polar surface area (TPSA) is 89.8 Å². The Balaban J connectivity index is 2.30. The van der Waals surface area contributed by atoms with Crippen molar-refractivity contribution in [3.63, 3.8) is 0 Å². The number of amides is 1. The molecule has 1 amide bonds. The first kappa shape index (κ1) is 15.4. The molecule has 2 aromatic carbocycles. The molecule has 1 atom stereocenters. The Morgan fingerprint density at radius 3 is 2.43 bits per heavy atom. The van der Waals surface area contributed by atoms with Gasteiger partial charge in [0.25, 0.3) is 0 Å². The lowest BCUT2D eigenvalue weighted by atomic mass is 9.69. The van der Waals surface area contributed by atoms with Gasteiger partial charge in [0, 0.05) is 17.3 Å². The van der Waals surface area contributed by atoms with E-state index in [9.17, 15) is 20.1 Å². The molecular weight excluding hydrogens is 294 g/mol. The van der Waals surface area contributed by atoms with Gasteiger partial charge in [-0.25, -0.2) is 0 Å². The third-order valence-corrected chi connectivity index (χ3v) is 4.16. The van der Waals surface area contributed by atoms with E-state index in [4.69, 9.17) is 0 Å². The molecule has 0 saturated heterocycles. The van der Waals surface area contributed by atoms with Crippen LogP contribution in [0.4, 0.5) is 5.69 Å². The Morgan fingerprint density at radius 1 is 1.09 bits per heavy atom. The molecule has 0 fully saturated rings. The van der Waals surface area contributed by atoms with Crippen molar-refractivity contribution in [2.24, 2.45) is 0 Å². The second kappa shape index (κ2) is 4.99. The van der Waals surface area contributed by atoms with E-state index < -0.39 is 11.0 Å². The number of phenols is 2. The number of para-hydroxylation sites is 1. The summed E-state index contributed by atoms with van der Waals surface area (Å²) in [6, 6.07) is 11.4. The fourth-order valence-corrected chi connectivity index (χ4v) is 3.38. The van der Waals surface area contributed by atoms with Gasteiger partial charge in [0.2, 0.25) is 5.91 Å². The zero-order valence-electron chi connectivity index (χ0n) is 13.0. The summed E-state index contributed by atoms with van der Waals surface area (Å²) in [5.74, 6) is -0.570. The first-order valence-electron chi connectivity index (χ1n) is 7.40. The first-order valence-corrected chi connectivity index (χ1v) is 7.40. The number of hydrogen-bond donors (Lipinski definition) is 4. The van der Waals surface area contributed by atoms with E-state index in [0.29, 0.717) is 16.8 Å². The van der Waals surface area contributed by atoms with Crippen LogP contribution in [-0.4, -0.2) is 26.8 Å². The van der Waals surface area contributed by atoms with Crippen LogP contribution in [0.3, 0.4) is 0 Å². The molecule has 0 bridgehead atoms. The zero-order chi connectivity index (χ0) is 16.8. The largest absolute Gasteiger partial charge is 0.508 e. The summed E-state index contributed by atoms with van der Waals surface area (Å²) in [7, 11) is 0. The Labute approximate surface area is 134 Å². The van der Waals surface area contributed by atoms with Gasteiger partial charge in [-0.1, -0.05) is 24.3 Å². The van der Waals surface area contributed by atoms with Gasteiger partial charge in [-0.15, -0.1) is 0 Å². The van der Waals surface area contributed by atoms with E-state index in [1.807, 2.05) is 18.2 Å². The van der Waals surface area contributed by atoms with Crippen LogP contribution < -0.4 is 5.32 Å². The number of carbonyl (C=O) groups excluding carboxylic acids is 1. The summed E-state index contributed by atoms with van der Waals surface area (Å²) in [6.45, 7) is 3.25. The highest BCUT2D eigenvalue weighted by Crippen LogP contribution is 2.50. The van der Waals surface area contributed by atoms with Crippen molar-refractivity contribution < 1.29 is 20.1 Å². The Morgan fingerprint density at radius 2 is 1.78 bits per heavy atom. The summed E-state index contributed by atoms with van der Waals surface area (Å²) >= 11 is 0. The molecule has 0 aromatic heterocycles. The number of rotatable bonds is 3. The minimum absolute atomic E-state index is 0.0867. The molecule has 0 spiro atoms. The van der Waals surface area contributed by atoms with Crippen LogP contribution in [0.15, 0.2) is 42.5 Å². The van der Waals surface area contributed by atoms with Gasteiger partial charge in [0.1, 0.15) is 16.9 Å². The van der Waals surface area contributed by atoms with Crippen molar-refractivity contribution in [1.29, 1.82) is 0 Å². The lowest BCUT2D eigenvalue weighted by molar-refractivity contribution is -0.121. The normalized spacial score (nSPS) is 20.2. The maximum absolute atomic E-state index is 12.9. The molecular formula is C18H19NO4. The number of fused-ring (bicyclic) bond motifs is 1. The van der Waals surface area contributed by atoms with E-state index in [0.717, 1.165) is 0 Å². The predicted octanol–water partition coefficient (Wildman–Crippen LogP) is 2.50. The van der Waals surface area contributed by atoms with Crippen molar-refractivity contribution in [2.45, 2.75) is 31.3 Å². The lowest BCUT2D eigenvalue weighted by Crippen LogP contribution is -2.42. The average molecular weight is 313 g/mol. The molecule has 4 N–H and O–H groups in total. The van der Waals surface area contributed by atoms with E-state index in [1.165, 1.54) is 18.2 Å². The van der Waals surface area contributed by atoms with Crippen LogP contribution in [-0.2, 0) is 10.2 Å². The number of aliphatic hydroxyl groups is 1. The highest BCUT2D eigenvalue weighted by molar-refractivity contribution is 6.09. The van der Waals surface area contributed by atoms with Crippen LogP contribution in [0.25, 0.3) is 0 Å². The highest BCUT2D eigenvalue weighted by atomic mass is 16.3. The molecule has 5 nitrogen and oxygen atoms in total. The summed E-state index contributed by atoms with van der Waals surface area (Å²) < 4.78 is 0. The van der Waals surface area contributed by atoms with Gasteiger partial charge >= 0.3 is 0 Å². The summed E-state index contributed by atoms with van der Waals surface area (Å²) in [6.07, 6.45) is 0.0984. The molecule has 1 aliphatic heterocycles. The molecule has 1 heterocycles. The minimum Gasteiger partial charge on any atom is -0.508 e. The molecule has 120 valence electrons. The van der Waals surface area contributed by atoms with E-state index in [1.54, 1.807) is 19.9 Å². The van der Waals surface area contributed by atoms with E-state index in [-0.39, 0.29) is 23.8 Å². The maximum Gasteiger partial charge on any atom is 0.239 e. The van der Waals surface area contributed by atoms with Crippen molar-refractivity contribution in [1.82, 2.24) is 0 Å². The standard InChI is InChI=1S/C18H19NO4/c1-17(2,23)10-18(13-8-7-11(20)9-15(13)21)12-5-3-4-6-14(12)19-16(18)22/h3-9,20-21,23H,10H2,1-2H3,(H,19,22). The van der Waals surface area contributed by atoms with Crippen molar-refractivity contribution in [2.75, 3.05) is 5.32 Å². The molecule has 0 radical (unpaired) electrons. The fourth-order valence-electron chi connectivity index (χ4n) is 3.38. The SMILES string of the molecule is CC(C)(O)CC1(c2ccc(O)cc2O)C(=O)Nc2ccccc21. The number of phenolic OH excluding ortho intramolecular Hbond substituents is 2. The van der Waals surface area contributed by atoms with Gasteiger partial charge < -0.3 is 20.6 Å². The molecule has 0 aliphatic carbocycles. The van der Waals surface area contributed by atoms with Gasteiger partial charge in [0.15, 0.2) is 0 Å². The third kappa shape index (κ3) is 2.43. The van der Waals surface area contributed by atoms with Gasteiger partial charge in [0.05, 0.1) is 5.60 Å². The summed E-state index contributed by atoms with van der Waals surface area (Å²) in [5.41, 5.74) is -0.631. The second-order valence-corrected chi connectivity index (χ2v) is 6.60. The van der Waals surface area contributed by atoms with Gasteiger partial charge in [-0.2, -0.15) is 0 Å². The van der Waals surface area contributed by atoms with Gasteiger partial charge in [-0.3, -0.25) is 4.79 Å². The zero-order valence-corrected chi connectivity index (χ0v) is 13.0. The van der Waals surface area contributed by atoms with E-state index in [2.05, 4.69) is 5.32 Å². The van der Waals surface area contributed by atoms with Crippen molar-refractivity contribution in [3.05, 3.63) is 53.6 Å². The number of aromatic hydroxyl groups is 2. The number of carbonyl (C=O) groups is 1. The average Bonchev–Trinajstić information content (AvgIpc) is 2.70. The second-order valence-electron chi connectivity index (χ2n) is 6.60. The number of hydrogen-bond acceptors (Lipinski definition) is 4. The summed E-state index contributed by atoms with van der Waals surface area (Å²) in [4.78, 5) is 12.9. The van der Waals surface area contributed by atoms with E-state index >= 15 is 0 Å². The Hall–Kier alpha value is -2.53. The van der Waals surface area contributed by atoms with Crippen LogP contribution >= 0.6 is 0 Å². The molecule has 1 aliphatic rings. The van der Waals surface area contributed by atoms with Crippen LogP contribution in [0.2, 0.25) is 0 Å². The van der Waals surface area contributed by atoms with Crippen LogP contribution in [0.5, 0.6) is 11.5 Å². The molecule has 5 heteroatoms. The molecule has 3 rings (SSSR count). The van der Waals surface area contributed by atoms with Crippen LogP contribution in [0.1, 0.15) is 31.4 Å². The monoisotopic (exact) mass is 313 g/mol. The predicted molar refractivity (Wildman–Crippen MR) is 86.5 cm³/mol. The number of benzene rings is 2. The summed E-state index contributed by atoms with van der Waals surface area (Å²) in [5, 5.41) is 33.1. The minimum atomic E-state index is -1.22. The van der Waals surface area contributed by atoms with Crippen LogP contribution in [0, 0.1) is 0 Å².